The summed E-state index contributed by atoms with van der Waals surface area (Å²) in [6, 6.07) is 0.585. The highest BCUT2D eigenvalue weighted by Gasteiger charge is 2.38. The van der Waals surface area contributed by atoms with Crippen molar-refractivity contribution in [1.82, 2.24) is 5.32 Å². The molecule has 1 aliphatic carbocycles. The molecule has 2 heteroatoms. The minimum atomic E-state index is 0.324. The number of hydrogen-bond acceptors (Lipinski definition) is 2. The lowest BCUT2D eigenvalue weighted by molar-refractivity contribution is -0.0266. The van der Waals surface area contributed by atoms with Crippen LogP contribution in [-0.2, 0) is 4.74 Å². The van der Waals surface area contributed by atoms with Crippen molar-refractivity contribution in [2.24, 2.45) is 11.8 Å². The molecule has 0 unspecified atom stereocenters. The normalized spacial score (nSPS) is 40.5. The Morgan fingerprint density at radius 2 is 2.00 bits per heavy atom. The predicted octanol–water partition coefficient (Wildman–Crippen LogP) is 2.97. The van der Waals surface area contributed by atoms with E-state index >= 15 is 0 Å². The first kappa shape index (κ1) is 12.4. The van der Waals surface area contributed by atoms with Gasteiger partial charge in [0.25, 0.3) is 0 Å². The Kier molecular flexibility index (Phi) is 3.91. The van der Waals surface area contributed by atoms with Gasteiger partial charge in [-0.25, -0.2) is 0 Å². The van der Waals surface area contributed by atoms with Crippen LogP contribution < -0.4 is 5.32 Å². The zero-order valence-corrected chi connectivity index (χ0v) is 11.1. The van der Waals surface area contributed by atoms with Crippen molar-refractivity contribution < 1.29 is 4.74 Å². The van der Waals surface area contributed by atoms with E-state index in [-0.39, 0.29) is 0 Å². The van der Waals surface area contributed by atoms with Gasteiger partial charge in [-0.15, -0.1) is 0 Å². The molecule has 0 amide bonds. The average molecular weight is 225 g/mol. The molecule has 0 radical (unpaired) electrons. The molecule has 1 saturated carbocycles. The molecule has 2 nitrogen and oxygen atoms in total. The Hall–Kier alpha value is -0.0800. The smallest absolute Gasteiger partial charge is 0.0649 e. The minimum Gasteiger partial charge on any atom is -0.378 e. The zero-order valence-electron chi connectivity index (χ0n) is 11.1. The fourth-order valence-electron chi connectivity index (χ4n) is 3.21. The lowest BCUT2D eigenvalue weighted by Crippen LogP contribution is -2.60. The summed E-state index contributed by atoms with van der Waals surface area (Å²) in [5.74, 6) is 1.68. The Bertz CT molecular complexity index is 219. The van der Waals surface area contributed by atoms with Crippen molar-refractivity contribution in [3.05, 3.63) is 0 Å². The van der Waals surface area contributed by atoms with E-state index in [0.29, 0.717) is 11.6 Å². The third-order valence-electron chi connectivity index (χ3n) is 4.20. The second-order valence-electron chi connectivity index (χ2n) is 6.45. The molecule has 1 saturated heterocycles. The Morgan fingerprint density at radius 3 is 2.62 bits per heavy atom. The second kappa shape index (κ2) is 5.05. The lowest BCUT2D eigenvalue weighted by atomic mass is 9.76. The monoisotopic (exact) mass is 225 g/mol. The Morgan fingerprint density at radius 1 is 1.31 bits per heavy atom. The first-order valence-corrected chi connectivity index (χ1v) is 6.95. The fraction of sp³-hybridized carbons (Fsp3) is 1.00. The predicted molar refractivity (Wildman–Crippen MR) is 67.6 cm³/mol. The van der Waals surface area contributed by atoms with E-state index < -0.39 is 0 Å². The standard InChI is InChI=1S/C14H27NO/c1-11(2)8-13-9-16-10-14(15-13)6-4-12(3)5-7-14/h11-13,15H,4-10H2,1-3H3/t12?,13-,14?/m1/s1. The average Bonchev–Trinajstić information content (AvgIpc) is 2.22. The van der Waals surface area contributed by atoms with E-state index in [0.717, 1.165) is 25.0 Å². The van der Waals surface area contributed by atoms with Gasteiger partial charge < -0.3 is 10.1 Å². The van der Waals surface area contributed by atoms with Gasteiger partial charge in [-0.2, -0.15) is 0 Å². The maximum atomic E-state index is 5.85. The summed E-state index contributed by atoms with van der Waals surface area (Å²) in [6.07, 6.45) is 6.60. The molecule has 2 fully saturated rings. The molecule has 2 aliphatic rings. The number of rotatable bonds is 2. The van der Waals surface area contributed by atoms with Crippen LogP contribution >= 0.6 is 0 Å². The maximum absolute atomic E-state index is 5.85. The van der Waals surface area contributed by atoms with Gasteiger partial charge >= 0.3 is 0 Å². The van der Waals surface area contributed by atoms with E-state index in [1.807, 2.05) is 0 Å². The van der Waals surface area contributed by atoms with Crippen LogP contribution in [0.4, 0.5) is 0 Å². The van der Waals surface area contributed by atoms with Crippen molar-refractivity contribution in [3.8, 4) is 0 Å². The van der Waals surface area contributed by atoms with Gasteiger partial charge in [-0.05, 0) is 43.9 Å². The van der Waals surface area contributed by atoms with Gasteiger partial charge in [0, 0.05) is 11.6 Å². The molecule has 1 N–H and O–H groups in total. The molecule has 0 aromatic heterocycles. The fourth-order valence-corrected chi connectivity index (χ4v) is 3.21. The molecule has 16 heavy (non-hydrogen) atoms. The molecule has 1 heterocycles. The maximum Gasteiger partial charge on any atom is 0.0649 e. The summed E-state index contributed by atoms with van der Waals surface area (Å²) in [4.78, 5) is 0. The first-order valence-electron chi connectivity index (χ1n) is 6.95. The largest absolute Gasteiger partial charge is 0.378 e. The van der Waals surface area contributed by atoms with Crippen molar-refractivity contribution in [1.29, 1.82) is 0 Å². The Balaban J connectivity index is 1.90. The molecule has 2 rings (SSSR count). The van der Waals surface area contributed by atoms with Crippen LogP contribution in [0.15, 0.2) is 0 Å². The van der Waals surface area contributed by atoms with Crippen LogP contribution in [-0.4, -0.2) is 24.8 Å². The van der Waals surface area contributed by atoms with Crippen LogP contribution in [0.2, 0.25) is 0 Å². The summed E-state index contributed by atoms with van der Waals surface area (Å²) >= 11 is 0. The van der Waals surface area contributed by atoms with Crippen molar-refractivity contribution >= 4 is 0 Å². The highest BCUT2D eigenvalue weighted by atomic mass is 16.5. The van der Waals surface area contributed by atoms with Gasteiger partial charge in [-0.1, -0.05) is 20.8 Å². The van der Waals surface area contributed by atoms with Gasteiger partial charge in [0.05, 0.1) is 13.2 Å². The van der Waals surface area contributed by atoms with Gasteiger partial charge in [-0.3, -0.25) is 0 Å². The molecule has 0 aromatic carbocycles. The molecule has 1 spiro atoms. The van der Waals surface area contributed by atoms with Crippen molar-refractivity contribution in [2.45, 2.75) is 64.5 Å². The van der Waals surface area contributed by atoms with Gasteiger partial charge in [0.2, 0.25) is 0 Å². The quantitative estimate of drug-likeness (QED) is 0.780. The molecule has 0 aromatic rings. The topological polar surface area (TPSA) is 21.3 Å². The molecular formula is C14H27NO. The molecular weight excluding hydrogens is 198 g/mol. The SMILES string of the molecule is CC(C)C[C@@H]1COCC2(CCC(C)CC2)N1. The third kappa shape index (κ3) is 2.98. The van der Waals surface area contributed by atoms with Gasteiger partial charge in [0.1, 0.15) is 0 Å². The molecule has 1 aliphatic heterocycles. The molecule has 0 bridgehead atoms. The minimum absolute atomic E-state index is 0.324. The molecule has 1 atom stereocenters. The van der Waals surface area contributed by atoms with E-state index in [9.17, 15) is 0 Å². The summed E-state index contributed by atoms with van der Waals surface area (Å²) < 4.78 is 5.85. The van der Waals surface area contributed by atoms with Crippen LogP contribution in [0.5, 0.6) is 0 Å². The highest BCUT2D eigenvalue weighted by molar-refractivity contribution is 4.97. The summed E-state index contributed by atoms with van der Waals surface area (Å²) in [5, 5.41) is 3.90. The Labute approximate surface area is 100 Å². The van der Waals surface area contributed by atoms with Crippen LogP contribution in [0, 0.1) is 11.8 Å². The summed E-state index contributed by atoms with van der Waals surface area (Å²) in [5.41, 5.74) is 0.324. The van der Waals surface area contributed by atoms with Crippen LogP contribution in [0.3, 0.4) is 0 Å². The summed E-state index contributed by atoms with van der Waals surface area (Å²) in [6.45, 7) is 8.82. The van der Waals surface area contributed by atoms with E-state index in [1.165, 1.54) is 32.1 Å². The first-order chi connectivity index (χ1) is 7.60. The van der Waals surface area contributed by atoms with Crippen molar-refractivity contribution in [3.63, 3.8) is 0 Å². The number of morpholine rings is 1. The molecule has 94 valence electrons. The lowest BCUT2D eigenvalue weighted by Gasteiger charge is -2.46. The second-order valence-corrected chi connectivity index (χ2v) is 6.45. The number of ether oxygens (including phenoxy) is 1. The van der Waals surface area contributed by atoms with Gasteiger partial charge in [0.15, 0.2) is 0 Å². The van der Waals surface area contributed by atoms with E-state index in [2.05, 4.69) is 26.1 Å². The highest BCUT2D eigenvalue weighted by Crippen LogP contribution is 2.34. The van der Waals surface area contributed by atoms with E-state index in [1.54, 1.807) is 0 Å². The zero-order chi connectivity index (χ0) is 11.6. The van der Waals surface area contributed by atoms with Crippen LogP contribution in [0.25, 0.3) is 0 Å². The van der Waals surface area contributed by atoms with Crippen LogP contribution in [0.1, 0.15) is 52.9 Å². The number of nitrogens with one attached hydrogen (secondary N) is 1. The third-order valence-corrected chi connectivity index (χ3v) is 4.20. The summed E-state index contributed by atoms with van der Waals surface area (Å²) in [7, 11) is 0. The van der Waals surface area contributed by atoms with E-state index in [4.69, 9.17) is 4.74 Å². The van der Waals surface area contributed by atoms with Crippen molar-refractivity contribution in [2.75, 3.05) is 13.2 Å². The number of hydrogen-bond donors (Lipinski definition) is 1.